The van der Waals surface area contributed by atoms with E-state index in [0.29, 0.717) is 0 Å². The molecule has 0 spiro atoms. The molecule has 1 rings (SSSR count). The van der Waals surface area contributed by atoms with Crippen LogP contribution in [0.15, 0.2) is 12.3 Å². The minimum Gasteiger partial charge on any atom is -0.418 e. The Morgan fingerprint density at radius 3 is 2.86 bits per heavy atom. The number of ether oxygens (including phenoxy) is 1. The Balaban J connectivity index is 2.24. The normalized spacial score (nSPS) is 21.0. The van der Waals surface area contributed by atoms with Crippen LogP contribution < -0.4 is 10.9 Å². The molecule has 2 N–H and O–H groups in total. The number of rotatable bonds is 0. The monoisotopic (exact) mass is 198 g/mol. The summed E-state index contributed by atoms with van der Waals surface area (Å²) in [6.07, 6.45) is 9.89. The maximum atomic E-state index is 10.9. The van der Waals surface area contributed by atoms with Gasteiger partial charge in [-0.3, -0.25) is 5.43 Å². The molecule has 0 aliphatic carbocycles. The predicted molar refractivity (Wildman–Crippen MR) is 54.5 cm³/mol. The molecule has 1 amide bonds. The number of hydrogen-bond acceptors (Lipinski definition) is 3. The van der Waals surface area contributed by atoms with Gasteiger partial charge in [0.15, 0.2) is 0 Å². The van der Waals surface area contributed by atoms with E-state index in [9.17, 15) is 4.79 Å². The van der Waals surface area contributed by atoms with Crippen molar-refractivity contribution in [2.45, 2.75) is 38.5 Å². The largest absolute Gasteiger partial charge is 0.426 e. The molecule has 0 saturated heterocycles. The highest BCUT2D eigenvalue weighted by Gasteiger charge is 1.98. The van der Waals surface area contributed by atoms with Crippen LogP contribution >= 0.6 is 0 Å². The molecule has 14 heavy (non-hydrogen) atoms. The zero-order valence-electron chi connectivity index (χ0n) is 8.42. The molecule has 0 aromatic carbocycles. The van der Waals surface area contributed by atoms with Crippen molar-refractivity contribution >= 4 is 6.09 Å². The van der Waals surface area contributed by atoms with Crippen LogP contribution in [0.2, 0.25) is 0 Å². The number of carbonyl (C=O) groups excluding carboxylic acids is 1. The summed E-state index contributed by atoms with van der Waals surface area (Å²) < 4.78 is 4.76. The molecule has 0 aromatic rings. The zero-order valence-corrected chi connectivity index (χ0v) is 8.42. The third-order valence-corrected chi connectivity index (χ3v) is 2.13. The van der Waals surface area contributed by atoms with Gasteiger partial charge < -0.3 is 4.74 Å². The maximum absolute atomic E-state index is 10.9. The van der Waals surface area contributed by atoms with E-state index in [-0.39, 0.29) is 0 Å². The minimum absolute atomic E-state index is 0.444. The van der Waals surface area contributed by atoms with E-state index in [1.54, 1.807) is 0 Å². The van der Waals surface area contributed by atoms with E-state index in [1.165, 1.54) is 31.9 Å². The van der Waals surface area contributed by atoms with Gasteiger partial charge in [-0.25, -0.2) is 10.2 Å². The number of amides is 1. The van der Waals surface area contributed by atoms with Crippen molar-refractivity contribution in [2.75, 3.05) is 6.54 Å². The van der Waals surface area contributed by atoms with Crippen molar-refractivity contribution in [3.05, 3.63) is 12.3 Å². The van der Waals surface area contributed by atoms with Crippen molar-refractivity contribution in [3.8, 4) is 0 Å². The minimum atomic E-state index is -0.444. The van der Waals surface area contributed by atoms with Crippen LogP contribution in [0.4, 0.5) is 4.79 Å². The van der Waals surface area contributed by atoms with Gasteiger partial charge in [-0.15, -0.1) is 0 Å². The van der Waals surface area contributed by atoms with Crippen molar-refractivity contribution in [3.63, 3.8) is 0 Å². The summed E-state index contributed by atoms with van der Waals surface area (Å²) >= 11 is 0. The van der Waals surface area contributed by atoms with E-state index in [0.717, 1.165) is 19.4 Å². The lowest BCUT2D eigenvalue weighted by Crippen LogP contribution is -2.37. The Bertz CT molecular complexity index is 193. The number of hydrogen-bond donors (Lipinski definition) is 2. The van der Waals surface area contributed by atoms with Crippen LogP contribution in [0.5, 0.6) is 0 Å². The first-order valence-corrected chi connectivity index (χ1v) is 5.24. The molecule has 0 unspecified atom stereocenters. The van der Waals surface area contributed by atoms with Gasteiger partial charge in [-0.1, -0.05) is 19.3 Å². The second kappa shape index (κ2) is 7.38. The third-order valence-electron chi connectivity index (χ3n) is 2.13. The number of carbonyl (C=O) groups is 1. The van der Waals surface area contributed by atoms with Crippen LogP contribution in [0.25, 0.3) is 0 Å². The summed E-state index contributed by atoms with van der Waals surface area (Å²) in [7, 11) is 0. The van der Waals surface area contributed by atoms with Crippen molar-refractivity contribution < 1.29 is 9.53 Å². The van der Waals surface area contributed by atoms with Gasteiger partial charge in [0.05, 0.1) is 6.26 Å². The Hall–Kier alpha value is -1.03. The average Bonchev–Trinajstić information content (AvgIpc) is 2.20. The van der Waals surface area contributed by atoms with Crippen LogP contribution in [-0.4, -0.2) is 12.6 Å². The summed E-state index contributed by atoms with van der Waals surface area (Å²) in [5, 5.41) is 0. The standard InChI is InChI=1S/C10H18N2O2/c13-10-12-11-8-6-4-2-1-3-5-7-9-14-10/h7,9,11H,1-6,8H2,(H,12,13). The van der Waals surface area contributed by atoms with Gasteiger partial charge in [-0.2, -0.15) is 0 Å². The second-order valence-electron chi connectivity index (χ2n) is 3.39. The van der Waals surface area contributed by atoms with Gasteiger partial charge in [0.2, 0.25) is 0 Å². The molecule has 0 saturated carbocycles. The Kier molecular flexibility index (Phi) is 5.82. The smallest absolute Gasteiger partial charge is 0.418 e. The fraction of sp³-hybridized carbons (Fsp3) is 0.700. The van der Waals surface area contributed by atoms with Crippen LogP contribution in [0.1, 0.15) is 38.5 Å². The molecule has 0 bridgehead atoms. The van der Waals surface area contributed by atoms with Gasteiger partial charge in [0, 0.05) is 6.54 Å². The Morgan fingerprint density at radius 1 is 1.14 bits per heavy atom. The molecule has 4 heteroatoms. The molecule has 0 aromatic heterocycles. The molecule has 4 nitrogen and oxygen atoms in total. The Labute approximate surface area is 84.7 Å². The lowest BCUT2D eigenvalue weighted by molar-refractivity contribution is 0.180. The molecule has 1 aliphatic heterocycles. The summed E-state index contributed by atoms with van der Waals surface area (Å²) in [5.41, 5.74) is 5.27. The fourth-order valence-corrected chi connectivity index (χ4v) is 1.35. The summed E-state index contributed by atoms with van der Waals surface area (Å²) in [4.78, 5) is 10.9. The molecule has 1 aliphatic rings. The first-order chi connectivity index (χ1) is 6.89. The van der Waals surface area contributed by atoms with Crippen molar-refractivity contribution in [1.29, 1.82) is 0 Å². The van der Waals surface area contributed by atoms with E-state index in [4.69, 9.17) is 4.74 Å². The molecule has 80 valence electrons. The van der Waals surface area contributed by atoms with Crippen LogP contribution in [0.3, 0.4) is 0 Å². The zero-order chi connectivity index (χ0) is 10.1. The number of hydrazine groups is 1. The summed E-state index contributed by atoms with van der Waals surface area (Å²) in [6.45, 7) is 0.804. The van der Waals surface area contributed by atoms with E-state index in [2.05, 4.69) is 10.9 Å². The molecule has 0 fully saturated rings. The quantitative estimate of drug-likeness (QED) is 0.626. The Morgan fingerprint density at radius 2 is 1.93 bits per heavy atom. The number of nitrogens with one attached hydrogen (secondary N) is 2. The topological polar surface area (TPSA) is 50.4 Å². The van der Waals surface area contributed by atoms with Gasteiger partial charge in [0.1, 0.15) is 0 Å². The summed E-state index contributed by atoms with van der Waals surface area (Å²) in [5.74, 6) is 0. The van der Waals surface area contributed by atoms with Crippen molar-refractivity contribution in [2.24, 2.45) is 0 Å². The van der Waals surface area contributed by atoms with Gasteiger partial charge >= 0.3 is 6.09 Å². The van der Waals surface area contributed by atoms with Crippen LogP contribution in [-0.2, 0) is 4.74 Å². The molecular formula is C10H18N2O2. The second-order valence-corrected chi connectivity index (χ2v) is 3.39. The van der Waals surface area contributed by atoms with Gasteiger partial charge in [0.25, 0.3) is 0 Å². The van der Waals surface area contributed by atoms with E-state index in [1.807, 2.05) is 6.08 Å². The highest BCUT2D eigenvalue weighted by Crippen LogP contribution is 2.05. The highest BCUT2D eigenvalue weighted by molar-refractivity contribution is 5.67. The van der Waals surface area contributed by atoms with E-state index < -0.39 is 6.09 Å². The van der Waals surface area contributed by atoms with Gasteiger partial charge in [-0.05, 0) is 25.3 Å². The predicted octanol–water partition coefficient (Wildman–Crippen LogP) is 2.09. The summed E-state index contributed by atoms with van der Waals surface area (Å²) in [6, 6.07) is 0. The number of allylic oxidation sites excluding steroid dienone is 1. The molecular weight excluding hydrogens is 180 g/mol. The van der Waals surface area contributed by atoms with E-state index >= 15 is 0 Å². The molecule has 1 heterocycles. The van der Waals surface area contributed by atoms with Crippen LogP contribution in [0, 0.1) is 0 Å². The van der Waals surface area contributed by atoms with Crippen molar-refractivity contribution in [1.82, 2.24) is 10.9 Å². The lowest BCUT2D eigenvalue weighted by atomic mass is 10.1. The highest BCUT2D eigenvalue weighted by atomic mass is 16.5. The third kappa shape index (κ3) is 5.59. The lowest BCUT2D eigenvalue weighted by Gasteiger charge is -2.04. The fourth-order valence-electron chi connectivity index (χ4n) is 1.35. The SMILES string of the molecule is O=C1NNCCCCCCCC=CO1. The maximum Gasteiger partial charge on any atom is 0.426 e. The molecule has 0 atom stereocenters. The number of cyclic esters (lactones) is 1. The average molecular weight is 198 g/mol. The first-order valence-electron chi connectivity index (χ1n) is 5.24. The molecule has 0 radical (unpaired) electrons. The first kappa shape index (κ1) is 11.0.